The van der Waals surface area contributed by atoms with Gasteiger partial charge in [0, 0.05) is 6.92 Å². The maximum atomic E-state index is 11.3. The molecule has 2 N–H and O–H groups in total. The lowest BCUT2D eigenvalue weighted by Gasteiger charge is -2.57. The molecule has 1 aliphatic rings. The molecule has 0 aliphatic heterocycles. The van der Waals surface area contributed by atoms with Gasteiger partial charge in [-0.15, -0.1) is 0 Å². The van der Waals surface area contributed by atoms with Gasteiger partial charge in [-0.1, -0.05) is 43.7 Å². The molecule has 0 saturated heterocycles. The molecule has 1 fully saturated rings. The summed E-state index contributed by atoms with van der Waals surface area (Å²) in [7, 11) is 0. The van der Waals surface area contributed by atoms with Crippen LogP contribution in [0.1, 0.15) is 38.3 Å². The van der Waals surface area contributed by atoms with Crippen molar-refractivity contribution < 1.29 is 9.90 Å². The van der Waals surface area contributed by atoms with Crippen molar-refractivity contribution in [3.8, 4) is 0 Å². The zero-order valence-corrected chi connectivity index (χ0v) is 11.4. The average Bonchev–Trinajstić information content (AvgIpc) is 2.26. The fourth-order valence-corrected chi connectivity index (χ4v) is 3.04. The standard InChI is InChI=1S/C15H21NO2/c1-10-5-7-12(8-6-10)15(18)9-14(3,4)13(15)16-11(2)17/h5-8,13,18H,9H2,1-4H3,(H,16,17). The molecule has 1 amide bonds. The Morgan fingerprint density at radius 1 is 1.33 bits per heavy atom. The molecule has 0 spiro atoms. The normalized spacial score (nSPS) is 29.5. The Balaban J connectivity index is 2.30. The van der Waals surface area contributed by atoms with Gasteiger partial charge in [0.05, 0.1) is 6.04 Å². The van der Waals surface area contributed by atoms with Crippen LogP contribution < -0.4 is 5.32 Å². The van der Waals surface area contributed by atoms with Crippen LogP contribution in [0.2, 0.25) is 0 Å². The van der Waals surface area contributed by atoms with E-state index in [1.54, 1.807) is 0 Å². The number of carbonyl (C=O) groups excluding carboxylic acids is 1. The largest absolute Gasteiger partial charge is 0.383 e. The molecule has 1 aromatic carbocycles. The van der Waals surface area contributed by atoms with Crippen LogP contribution in [-0.2, 0) is 10.4 Å². The summed E-state index contributed by atoms with van der Waals surface area (Å²) in [6.07, 6.45) is 0.661. The predicted molar refractivity (Wildman–Crippen MR) is 71.1 cm³/mol. The molecule has 98 valence electrons. The Hall–Kier alpha value is -1.35. The minimum Gasteiger partial charge on any atom is -0.383 e. The monoisotopic (exact) mass is 247 g/mol. The van der Waals surface area contributed by atoms with E-state index in [0.29, 0.717) is 6.42 Å². The van der Waals surface area contributed by atoms with Crippen molar-refractivity contribution in [2.45, 2.75) is 45.8 Å². The van der Waals surface area contributed by atoms with Crippen LogP contribution in [0.5, 0.6) is 0 Å². The highest BCUT2D eigenvalue weighted by Gasteiger charge is 2.59. The van der Waals surface area contributed by atoms with Crippen LogP contribution in [0, 0.1) is 12.3 Å². The lowest BCUT2D eigenvalue weighted by Crippen LogP contribution is -2.68. The minimum absolute atomic E-state index is 0.0781. The number of aliphatic hydroxyl groups is 1. The van der Waals surface area contributed by atoms with E-state index in [1.807, 2.05) is 31.2 Å². The van der Waals surface area contributed by atoms with Gasteiger partial charge in [0.25, 0.3) is 0 Å². The average molecular weight is 247 g/mol. The number of hydrogen-bond donors (Lipinski definition) is 2. The second-order valence-corrected chi connectivity index (χ2v) is 6.09. The number of amides is 1. The van der Waals surface area contributed by atoms with Gasteiger partial charge in [0.1, 0.15) is 5.60 Å². The third-order valence-electron chi connectivity index (χ3n) is 3.88. The highest BCUT2D eigenvalue weighted by Crippen LogP contribution is 2.53. The zero-order valence-electron chi connectivity index (χ0n) is 11.4. The first kappa shape index (κ1) is 13.1. The molecule has 0 heterocycles. The molecular formula is C15H21NO2. The van der Waals surface area contributed by atoms with Crippen LogP contribution in [0.3, 0.4) is 0 Å². The molecule has 2 unspecified atom stereocenters. The zero-order chi connectivity index (χ0) is 13.6. The molecule has 0 radical (unpaired) electrons. The number of carbonyl (C=O) groups is 1. The molecule has 3 heteroatoms. The molecule has 2 rings (SSSR count). The number of nitrogens with one attached hydrogen (secondary N) is 1. The number of hydrogen-bond acceptors (Lipinski definition) is 2. The van der Waals surface area contributed by atoms with Crippen molar-refractivity contribution in [1.29, 1.82) is 0 Å². The summed E-state index contributed by atoms with van der Waals surface area (Å²) in [6, 6.07) is 7.64. The molecule has 2 atom stereocenters. The van der Waals surface area contributed by atoms with E-state index in [1.165, 1.54) is 6.92 Å². The number of benzene rings is 1. The molecule has 1 aromatic rings. The summed E-state index contributed by atoms with van der Waals surface area (Å²) in [5.74, 6) is -0.0988. The summed E-state index contributed by atoms with van der Waals surface area (Å²) >= 11 is 0. The first-order valence-electron chi connectivity index (χ1n) is 6.32. The maximum Gasteiger partial charge on any atom is 0.217 e. The smallest absolute Gasteiger partial charge is 0.217 e. The van der Waals surface area contributed by atoms with E-state index >= 15 is 0 Å². The van der Waals surface area contributed by atoms with Gasteiger partial charge in [0.15, 0.2) is 0 Å². The predicted octanol–water partition coefficient (Wildman–Crippen LogP) is 2.12. The quantitative estimate of drug-likeness (QED) is 0.841. The Bertz CT molecular complexity index is 464. The van der Waals surface area contributed by atoms with E-state index in [4.69, 9.17) is 0 Å². The first-order valence-corrected chi connectivity index (χ1v) is 6.32. The molecule has 0 aromatic heterocycles. The first-order chi connectivity index (χ1) is 8.25. The molecule has 0 bridgehead atoms. The summed E-state index contributed by atoms with van der Waals surface area (Å²) in [5, 5.41) is 13.7. The third-order valence-corrected chi connectivity index (χ3v) is 3.88. The topological polar surface area (TPSA) is 49.3 Å². The van der Waals surface area contributed by atoms with E-state index in [0.717, 1.165) is 11.1 Å². The summed E-state index contributed by atoms with van der Waals surface area (Å²) < 4.78 is 0. The van der Waals surface area contributed by atoms with Gasteiger partial charge in [-0.05, 0) is 24.3 Å². The van der Waals surface area contributed by atoms with Crippen LogP contribution in [0.4, 0.5) is 0 Å². The Kier molecular flexibility index (Phi) is 2.98. The fourth-order valence-electron chi connectivity index (χ4n) is 3.04. The maximum absolute atomic E-state index is 11.3. The summed E-state index contributed by atoms with van der Waals surface area (Å²) in [5.41, 5.74) is 1.02. The molecule has 1 aliphatic carbocycles. The van der Waals surface area contributed by atoms with E-state index in [2.05, 4.69) is 19.2 Å². The van der Waals surface area contributed by atoms with E-state index < -0.39 is 5.60 Å². The van der Waals surface area contributed by atoms with Crippen LogP contribution in [0.25, 0.3) is 0 Å². The lowest BCUT2D eigenvalue weighted by atomic mass is 9.54. The van der Waals surface area contributed by atoms with Crippen molar-refractivity contribution in [2.75, 3.05) is 0 Å². The Morgan fingerprint density at radius 3 is 2.33 bits per heavy atom. The fraction of sp³-hybridized carbons (Fsp3) is 0.533. The minimum atomic E-state index is -0.942. The van der Waals surface area contributed by atoms with Crippen LogP contribution in [0.15, 0.2) is 24.3 Å². The van der Waals surface area contributed by atoms with Crippen LogP contribution in [-0.4, -0.2) is 17.1 Å². The van der Waals surface area contributed by atoms with Crippen molar-refractivity contribution in [3.63, 3.8) is 0 Å². The van der Waals surface area contributed by atoms with Crippen molar-refractivity contribution in [1.82, 2.24) is 5.32 Å². The molecule has 3 nitrogen and oxygen atoms in total. The summed E-state index contributed by atoms with van der Waals surface area (Å²) in [6.45, 7) is 7.64. The van der Waals surface area contributed by atoms with Gasteiger partial charge in [-0.2, -0.15) is 0 Å². The number of rotatable bonds is 2. The van der Waals surface area contributed by atoms with Crippen LogP contribution >= 0.6 is 0 Å². The SMILES string of the molecule is CC(=O)NC1C(C)(C)CC1(O)c1ccc(C)cc1. The Morgan fingerprint density at radius 2 is 1.89 bits per heavy atom. The van der Waals surface area contributed by atoms with Crippen molar-refractivity contribution in [3.05, 3.63) is 35.4 Å². The third kappa shape index (κ3) is 2.03. The Labute approximate surface area is 108 Å². The van der Waals surface area contributed by atoms with Crippen molar-refractivity contribution in [2.24, 2.45) is 5.41 Å². The van der Waals surface area contributed by atoms with Gasteiger partial charge in [-0.25, -0.2) is 0 Å². The van der Waals surface area contributed by atoms with Gasteiger partial charge >= 0.3 is 0 Å². The second kappa shape index (κ2) is 4.09. The van der Waals surface area contributed by atoms with E-state index in [-0.39, 0.29) is 17.4 Å². The highest BCUT2D eigenvalue weighted by molar-refractivity contribution is 5.73. The van der Waals surface area contributed by atoms with Gasteiger partial charge in [0.2, 0.25) is 5.91 Å². The van der Waals surface area contributed by atoms with Gasteiger partial charge < -0.3 is 10.4 Å². The lowest BCUT2D eigenvalue weighted by molar-refractivity contribution is -0.164. The number of aryl methyl sites for hydroxylation is 1. The molecule has 18 heavy (non-hydrogen) atoms. The second-order valence-electron chi connectivity index (χ2n) is 6.09. The highest BCUT2D eigenvalue weighted by atomic mass is 16.3. The molecular weight excluding hydrogens is 226 g/mol. The molecule has 1 saturated carbocycles. The summed E-state index contributed by atoms with van der Waals surface area (Å²) in [4.78, 5) is 11.3. The van der Waals surface area contributed by atoms with E-state index in [9.17, 15) is 9.90 Å². The van der Waals surface area contributed by atoms with Crippen molar-refractivity contribution >= 4 is 5.91 Å². The van der Waals surface area contributed by atoms with Gasteiger partial charge in [-0.3, -0.25) is 4.79 Å².